The van der Waals surface area contributed by atoms with Crippen molar-refractivity contribution in [1.29, 1.82) is 0 Å². The number of para-hydroxylation sites is 2. The van der Waals surface area contributed by atoms with Crippen LogP contribution in [0.2, 0.25) is 5.02 Å². The van der Waals surface area contributed by atoms with Gasteiger partial charge in [-0.15, -0.1) is 10.2 Å². The number of phenolic OH excluding ortho intramolecular Hbond substituents is 1. The van der Waals surface area contributed by atoms with Gasteiger partial charge in [0.2, 0.25) is 0 Å². The van der Waals surface area contributed by atoms with Crippen molar-refractivity contribution >= 4 is 35.5 Å². The van der Waals surface area contributed by atoms with Crippen LogP contribution >= 0.6 is 23.4 Å². The average molecular weight is 464 g/mol. The molecule has 2 N–H and O–H groups in total. The van der Waals surface area contributed by atoms with Crippen molar-refractivity contribution in [1.82, 2.24) is 20.2 Å². The van der Waals surface area contributed by atoms with Crippen molar-refractivity contribution in [3.05, 3.63) is 89.4 Å². The van der Waals surface area contributed by atoms with Crippen molar-refractivity contribution in [2.75, 3.05) is 5.75 Å². The summed E-state index contributed by atoms with van der Waals surface area (Å²) in [7, 11) is 0. The highest BCUT2D eigenvalue weighted by molar-refractivity contribution is 7.99. The number of rotatable bonds is 7. The van der Waals surface area contributed by atoms with Crippen LogP contribution in [-0.4, -0.2) is 37.7 Å². The molecule has 0 aliphatic carbocycles. The van der Waals surface area contributed by atoms with Gasteiger partial charge in [0.05, 0.1) is 12.0 Å². The van der Waals surface area contributed by atoms with Gasteiger partial charge in [-0.25, -0.2) is 5.43 Å². The minimum absolute atomic E-state index is 0.0870. The van der Waals surface area contributed by atoms with Crippen LogP contribution in [-0.2, 0) is 4.79 Å². The van der Waals surface area contributed by atoms with Gasteiger partial charge in [-0.2, -0.15) is 5.10 Å². The minimum atomic E-state index is -0.308. The minimum Gasteiger partial charge on any atom is -0.507 e. The Morgan fingerprint density at radius 1 is 1.03 bits per heavy atom. The molecule has 3 aromatic carbocycles. The number of thioether (sulfide) groups is 1. The molecule has 0 fully saturated rings. The molecule has 0 atom stereocenters. The Hall–Kier alpha value is -3.62. The fourth-order valence-electron chi connectivity index (χ4n) is 2.89. The maximum atomic E-state index is 12.3. The summed E-state index contributed by atoms with van der Waals surface area (Å²) in [6.07, 6.45) is 1.39. The standard InChI is InChI=1S/C23H18ClN5O2S/c24-18-12-10-16(11-13-18)22-27-28-23(29(22)19-7-2-1-3-8-19)32-15-21(31)26-25-14-17-6-4-5-9-20(17)30/h1-14,30H,15H2,(H,26,31)/b25-14-. The van der Waals surface area contributed by atoms with Gasteiger partial charge in [0, 0.05) is 21.8 Å². The zero-order valence-electron chi connectivity index (χ0n) is 16.7. The van der Waals surface area contributed by atoms with E-state index in [4.69, 9.17) is 11.6 Å². The molecule has 4 aromatic rings. The van der Waals surface area contributed by atoms with Crippen molar-refractivity contribution < 1.29 is 9.90 Å². The predicted molar refractivity (Wildman–Crippen MR) is 126 cm³/mol. The molecule has 4 rings (SSSR count). The molecule has 9 heteroatoms. The molecule has 1 aromatic heterocycles. The van der Waals surface area contributed by atoms with Gasteiger partial charge in [0.1, 0.15) is 5.75 Å². The number of carbonyl (C=O) groups is 1. The molecule has 0 spiro atoms. The van der Waals surface area contributed by atoms with Gasteiger partial charge >= 0.3 is 0 Å². The normalized spacial score (nSPS) is 11.0. The second-order valence-electron chi connectivity index (χ2n) is 6.62. The number of nitrogens with zero attached hydrogens (tertiary/aromatic N) is 4. The summed E-state index contributed by atoms with van der Waals surface area (Å²) in [6, 6.07) is 23.7. The fraction of sp³-hybridized carbons (Fsp3) is 0.0435. The second-order valence-corrected chi connectivity index (χ2v) is 8.00. The third-order valence-corrected chi connectivity index (χ3v) is 5.59. The molecule has 0 aliphatic rings. The summed E-state index contributed by atoms with van der Waals surface area (Å²) in [4.78, 5) is 12.3. The van der Waals surface area contributed by atoms with Crippen LogP contribution in [0.3, 0.4) is 0 Å². The molecule has 1 amide bonds. The van der Waals surface area contributed by atoms with E-state index in [9.17, 15) is 9.90 Å². The van der Waals surface area contributed by atoms with E-state index in [0.717, 1.165) is 11.3 Å². The number of hydrogen-bond donors (Lipinski definition) is 2. The molecule has 0 unspecified atom stereocenters. The first kappa shape index (κ1) is 21.6. The third kappa shape index (κ3) is 5.16. The molecular formula is C23H18ClN5O2S. The highest BCUT2D eigenvalue weighted by Crippen LogP contribution is 2.28. The van der Waals surface area contributed by atoms with E-state index in [-0.39, 0.29) is 17.4 Å². The maximum Gasteiger partial charge on any atom is 0.250 e. The van der Waals surface area contributed by atoms with Crippen LogP contribution in [0.4, 0.5) is 0 Å². The average Bonchev–Trinajstić information content (AvgIpc) is 3.24. The van der Waals surface area contributed by atoms with Gasteiger partial charge in [0.15, 0.2) is 11.0 Å². The zero-order chi connectivity index (χ0) is 22.3. The summed E-state index contributed by atoms with van der Waals surface area (Å²) in [5.74, 6) is 0.514. The van der Waals surface area contributed by atoms with Crippen LogP contribution in [0.1, 0.15) is 5.56 Å². The lowest BCUT2D eigenvalue weighted by molar-refractivity contribution is -0.118. The first-order valence-electron chi connectivity index (χ1n) is 9.61. The van der Waals surface area contributed by atoms with Gasteiger partial charge in [-0.3, -0.25) is 9.36 Å². The zero-order valence-corrected chi connectivity index (χ0v) is 18.3. The van der Waals surface area contributed by atoms with Gasteiger partial charge in [-0.1, -0.05) is 53.7 Å². The third-order valence-electron chi connectivity index (χ3n) is 4.41. The summed E-state index contributed by atoms with van der Waals surface area (Å²) in [5, 5.41) is 23.5. The van der Waals surface area contributed by atoms with E-state index in [1.807, 2.05) is 47.0 Å². The van der Waals surface area contributed by atoms with Crippen molar-refractivity contribution in [3.8, 4) is 22.8 Å². The van der Waals surface area contributed by atoms with E-state index < -0.39 is 0 Å². The van der Waals surface area contributed by atoms with Gasteiger partial charge in [-0.05, 0) is 48.5 Å². The number of phenols is 1. The lowest BCUT2D eigenvalue weighted by atomic mass is 10.2. The second kappa shape index (κ2) is 10.1. The first-order valence-corrected chi connectivity index (χ1v) is 11.0. The highest BCUT2D eigenvalue weighted by atomic mass is 35.5. The Labute approximate surface area is 193 Å². The molecule has 7 nitrogen and oxygen atoms in total. The molecule has 1 heterocycles. The van der Waals surface area contributed by atoms with Crippen LogP contribution in [0.25, 0.3) is 17.1 Å². The molecule has 0 bridgehead atoms. The SMILES string of the molecule is O=C(CSc1nnc(-c2ccc(Cl)cc2)n1-c1ccccc1)N/N=C\c1ccccc1O. The van der Waals surface area contributed by atoms with Crippen LogP contribution in [0.5, 0.6) is 5.75 Å². The first-order chi connectivity index (χ1) is 15.6. The molecule has 0 radical (unpaired) electrons. The molecule has 0 aliphatic heterocycles. The van der Waals surface area contributed by atoms with Crippen LogP contribution in [0.15, 0.2) is 89.1 Å². The van der Waals surface area contributed by atoms with E-state index in [2.05, 4.69) is 20.7 Å². The molecule has 0 saturated heterocycles. The summed E-state index contributed by atoms with van der Waals surface area (Å²) in [6.45, 7) is 0. The number of aromatic nitrogens is 3. The Kier molecular flexibility index (Phi) is 6.84. The van der Waals surface area contributed by atoms with Crippen LogP contribution in [0, 0.1) is 0 Å². The number of carbonyl (C=O) groups excluding carboxylic acids is 1. The molecule has 0 saturated carbocycles. The Balaban J connectivity index is 1.50. The smallest absolute Gasteiger partial charge is 0.250 e. The van der Waals surface area contributed by atoms with Crippen molar-refractivity contribution in [2.24, 2.45) is 5.10 Å². The van der Waals surface area contributed by atoms with Gasteiger partial charge < -0.3 is 5.11 Å². The monoisotopic (exact) mass is 463 g/mol. The quantitative estimate of drug-likeness (QED) is 0.238. The Morgan fingerprint density at radius 3 is 2.50 bits per heavy atom. The number of hydrazone groups is 1. The largest absolute Gasteiger partial charge is 0.507 e. The number of benzene rings is 3. The summed E-state index contributed by atoms with van der Waals surface area (Å²) in [5.41, 5.74) is 4.70. The molecule has 32 heavy (non-hydrogen) atoms. The predicted octanol–water partition coefficient (Wildman–Crippen LogP) is 4.54. The van der Waals surface area contributed by atoms with Crippen LogP contribution < -0.4 is 5.43 Å². The highest BCUT2D eigenvalue weighted by Gasteiger charge is 2.17. The number of amides is 1. The Morgan fingerprint density at radius 2 is 1.75 bits per heavy atom. The maximum absolute atomic E-state index is 12.3. The topological polar surface area (TPSA) is 92.4 Å². The lowest BCUT2D eigenvalue weighted by Gasteiger charge is -2.10. The van der Waals surface area contributed by atoms with E-state index >= 15 is 0 Å². The fourth-order valence-corrected chi connectivity index (χ4v) is 3.76. The van der Waals surface area contributed by atoms with E-state index in [0.29, 0.717) is 21.6 Å². The number of nitrogens with one attached hydrogen (secondary N) is 1. The number of aromatic hydroxyl groups is 1. The molecule has 160 valence electrons. The summed E-state index contributed by atoms with van der Waals surface area (Å²) >= 11 is 7.26. The van der Waals surface area contributed by atoms with Crippen molar-refractivity contribution in [3.63, 3.8) is 0 Å². The number of halogens is 1. The van der Waals surface area contributed by atoms with Gasteiger partial charge in [0.25, 0.3) is 5.91 Å². The summed E-state index contributed by atoms with van der Waals surface area (Å²) < 4.78 is 1.90. The lowest BCUT2D eigenvalue weighted by Crippen LogP contribution is -2.20. The molecular weight excluding hydrogens is 446 g/mol. The van der Waals surface area contributed by atoms with E-state index in [1.54, 1.807) is 36.4 Å². The number of hydrogen-bond acceptors (Lipinski definition) is 6. The van der Waals surface area contributed by atoms with E-state index in [1.165, 1.54) is 18.0 Å². The Bertz CT molecular complexity index is 1240. The van der Waals surface area contributed by atoms with Crippen molar-refractivity contribution in [2.45, 2.75) is 5.16 Å².